The Balaban J connectivity index is 3.15. The Bertz CT molecular complexity index is 336. The lowest BCUT2D eigenvalue weighted by Gasteiger charge is -2.16. The van der Waals surface area contributed by atoms with Crippen LogP contribution in [0.2, 0.25) is 5.02 Å². The van der Waals surface area contributed by atoms with Gasteiger partial charge in [0.2, 0.25) is 0 Å². The zero-order valence-electron chi connectivity index (χ0n) is 8.44. The van der Waals surface area contributed by atoms with Gasteiger partial charge in [-0.25, -0.2) is 4.39 Å². The van der Waals surface area contributed by atoms with Crippen molar-refractivity contribution in [3.05, 3.63) is 34.1 Å². The smallest absolute Gasteiger partial charge is 0.127 e. The number of alkyl halides is 1. The summed E-state index contributed by atoms with van der Waals surface area (Å²) in [5.41, 5.74) is 1.59. The van der Waals surface area contributed by atoms with Crippen molar-refractivity contribution < 1.29 is 4.39 Å². The van der Waals surface area contributed by atoms with Gasteiger partial charge in [0.1, 0.15) is 5.82 Å². The van der Waals surface area contributed by atoms with Gasteiger partial charge in [-0.1, -0.05) is 47.4 Å². The number of aryl methyl sites for hydroxylation is 1. The van der Waals surface area contributed by atoms with Crippen LogP contribution in [0.5, 0.6) is 0 Å². The minimum Gasteiger partial charge on any atom is -0.207 e. The lowest BCUT2D eigenvalue weighted by molar-refractivity contribution is 0.611. The molecule has 0 fully saturated rings. The van der Waals surface area contributed by atoms with Crippen LogP contribution < -0.4 is 0 Å². The SMILES string of the molecule is Cc1cc(C(Br)C(C)C)c(Cl)cc1F. The number of halogens is 3. The fourth-order valence-corrected chi connectivity index (χ4v) is 2.03. The molecule has 0 heterocycles. The van der Waals surface area contributed by atoms with Crippen LogP contribution in [-0.2, 0) is 0 Å². The molecule has 1 aromatic carbocycles. The lowest BCUT2D eigenvalue weighted by Crippen LogP contribution is -2.01. The number of benzene rings is 1. The summed E-state index contributed by atoms with van der Waals surface area (Å²) < 4.78 is 13.1. The minimum absolute atomic E-state index is 0.175. The maximum absolute atomic E-state index is 13.1. The van der Waals surface area contributed by atoms with Crippen LogP contribution in [0.15, 0.2) is 12.1 Å². The molecule has 0 radical (unpaired) electrons. The molecule has 1 unspecified atom stereocenters. The van der Waals surface area contributed by atoms with Crippen molar-refractivity contribution >= 4 is 27.5 Å². The molecule has 3 heteroatoms. The third kappa shape index (κ3) is 2.48. The highest BCUT2D eigenvalue weighted by Crippen LogP contribution is 2.36. The van der Waals surface area contributed by atoms with Crippen LogP contribution in [0.1, 0.15) is 29.8 Å². The molecular formula is C11H13BrClF. The van der Waals surface area contributed by atoms with E-state index in [1.807, 2.05) is 0 Å². The minimum atomic E-state index is -0.248. The first kappa shape index (κ1) is 12.0. The Kier molecular flexibility index (Phi) is 3.96. The van der Waals surface area contributed by atoms with Crippen molar-refractivity contribution in [2.45, 2.75) is 25.6 Å². The van der Waals surface area contributed by atoms with Gasteiger partial charge in [0, 0.05) is 9.85 Å². The zero-order chi connectivity index (χ0) is 10.9. The van der Waals surface area contributed by atoms with E-state index in [1.165, 1.54) is 6.07 Å². The molecular weight excluding hydrogens is 266 g/mol. The fourth-order valence-electron chi connectivity index (χ4n) is 1.25. The van der Waals surface area contributed by atoms with Crippen molar-refractivity contribution in [2.75, 3.05) is 0 Å². The Morgan fingerprint density at radius 2 is 1.93 bits per heavy atom. The van der Waals surface area contributed by atoms with Gasteiger partial charge < -0.3 is 0 Å². The lowest BCUT2D eigenvalue weighted by atomic mass is 10.0. The van der Waals surface area contributed by atoms with Gasteiger partial charge in [-0.15, -0.1) is 0 Å². The van der Waals surface area contributed by atoms with Crippen LogP contribution in [0.4, 0.5) is 4.39 Å². The molecule has 0 aliphatic heterocycles. The molecule has 0 saturated carbocycles. The molecule has 0 N–H and O–H groups in total. The molecule has 1 atom stereocenters. The van der Waals surface area contributed by atoms with Gasteiger partial charge >= 0.3 is 0 Å². The highest BCUT2D eigenvalue weighted by molar-refractivity contribution is 9.09. The molecule has 0 saturated heterocycles. The molecule has 1 rings (SSSR count). The molecule has 0 bridgehead atoms. The van der Waals surface area contributed by atoms with Gasteiger partial charge in [0.05, 0.1) is 0 Å². The van der Waals surface area contributed by atoms with E-state index in [-0.39, 0.29) is 10.6 Å². The van der Waals surface area contributed by atoms with Gasteiger partial charge in [0.25, 0.3) is 0 Å². The standard InChI is InChI=1S/C11H13BrClF/c1-6(2)11(12)8-4-7(3)10(14)5-9(8)13/h4-6,11H,1-3H3. The highest BCUT2D eigenvalue weighted by atomic mass is 79.9. The van der Waals surface area contributed by atoms with E-state index in [0.717, 1.165) is 5.56 Å². The maximum atomic E-state index is 13.1. The Labute approximate surface area is 97.6 Å². The Morgan fingerprint density at radius 1 is 1.36 bits per heavy atom. The summed E-state index contributed by atoms with van der Waals surface area (Å²) in [4.78, 5) is 0.175. The predicted molar refractivity (Wildman–Crippen MR) is 62.7 cm³/mol. The van der Waals surface area contributed by atoms with Crippen molar-refractivity contribution in [2.24, 2.45) is 5.92 Å². The van der Waals surface area contributed by atoms with Gasteiger partial charge in [-0.05, 0) is 30.0 Å². The number of rotatable bonds is 2. The third-order valence-corrected chi connectivity index (χ3v) is 4.04. The first-order valence-electron chi connectivity index (χ1n) is 4.53. The molecule has 0 aliphatic rings. The molecule has 0 nitrogen and oxygen atoms in total. The van der Waals surface area contributed by atoms with E-state index in [2.05, 4.69) is 29.8 Å². The first-order valence-corrected chi connectivity index (χ1v) is 5.82. The van der Waals surface area contributed by atoms with Crippen molar-refractivity contribution in [1.29, 1.82) is 0 Å². The first-order chi connectivity index (χ1) is 6.43. The summed E-state index contributed by atoms with van der Waals surface area (Å²) in [5, 5.41) is 0.490. The predicted octanol–water partition coefficient (Wildman–Crippen LogP) is 4.88. The fraction of sp³-hybridized carbons (Fsp3) is 0.455. The van der Waals surface area contributed by atoms with Crippen molar-refractivity contribution in [3.8, 4) is 0 Å². The zero-order valence-corrected chi connectivity index (χ0v) is 10.8. The molecule has 0 aromatic heterocycles. The van der Waals surface area contributed by atoms with E-state index < -0.39 is 0 Å². The van der Waals surface area contributed by atoms with Crippen LogP contribution in [-0.4, -0.2) is 0 Å². The maximum Gasteiger partial charge on any atom is 0.127 e. The Hall–Kier alpha value is -0.0800. The van der Waals surface area contributed by atoms with Gasteiger partial charge in [-0.3, -0.25) is 0 Å². The summed E-state index contributed by atoms with van der Waals surface area (Å²) in [6.07, 6.45) is 0. The quantitative estimate of drug-likeness (QED) is 0.677. The molecule has 0 aliphatic carbocycles. The van der Waals surface area contributed by atoms with Crippen LogP contribution in [0.3, 0.4) is 0 Å². The average Bonchev–Trinajstić information content (AvgIpc) is 2.10. The summed E-state index contributed by atoms with van der Waals surface area (Å²) >= 11 is 9.52. The van der Waals surface area contributed by atoms with Gasteiger partial charge in [-0.2, -0.15) is 0 Å². The van der Waals surface area contributed by atoms with Crippen LogP contribution >= 0.6 is 27.5 Å². The number of hydrogen-bond donors (Lipinski definition) is 0. The second kappa shape index (κ2) is 4.63. The average molecular weight is 280 g/mol. The third-order valence-electron chi connectivity index (χ3n) is 2.16. The van der Waals surface area contributed by atoms with Gasteiger partial charge in [0.15, 0.2) is 0 Å². The summed E-state index contributed by atoms with van der Waals surface area (Å²) in [5.74, 6) is 0.180. The topological polar surface area (TPSA) is 0 Å². The van der Waals surface area contributed by atoms with E-state index in [4.69, 9.17) is 11.6 Å². The van der Waals surface area contributed by atoms with Crippen LogP contribution in [0, 0.1) is 18.7 Å². The van der Waals surface area contributed by atoms with E-state index in [1.54, 1.807) is 13.0 Å². The largest absolute Gasteiger partial charge is 0.207 e. The summed E-state index contributed by atoms with van der Waals surface area (Å²) in [6, 6.07) is 3.18. The molecule has 1 aromatic rings. The van der Waals surface area contributed by atoms with E-state index >= 15 is 0 Å². The highest BCUT2D eigenvalue weighted by Gasteiger charge is 2.16. The van der Waals surface area contributed by atoms with Crippen molar-refractivity contribution in [3.63, 3.8) is 0 Å². The Morgan fingerprint density at radius 3 is 2.43 bits per heavy atom. The van der Waals surface area contributed by atoms with E-state index in [0.29, 0.717) is 16.5 Å². The van der Waals surface area contributed by atoms with E-state index in [9.17, 15) is 4.39 Å². The summed E-state index contributed by atoms with van der Waals surface area (Å²) in [7, 11) is 0. The monoisotopic (exact) mass is 278 g/mol. The second-order valence-corrected chi connectivity index (χ2v) is 5.16. The molecule has 78 valence electrons. The summed E-state index contributed by atoms with van der Waals surface area (Å²) in [6.45, 7) is 5.93. The second-order valence-electron chi connectivity index (χ2n) is 3.77. The molecule has 0 amide bonds. The normalized spacial score (nSPS) is 13.4. The molecule has 0 spiro atoms. The molecule has 14 heavy (non-hydrogen) atoms. The van der Waals surface area contributed by atoms with Crippen molar-refractivity contribution in [1.82, 2.24) is 0 Å². The number of hydrogen-bond acceptors (Lipinski definition) is 0. The van der Waals surface area contributed by atoms with Crippen LogP contribution in [0.25, 0.3) is 0 Å².